The van der Waals surface area contributed by atoms with Crippen molar-refractivity contribution in [3.63, 3.8) is 0 Å². The zero-order valence-corrected chi connectivity index (χ0v) is 7.38. The van der Waals surface area contributed by atoms with E-state index in [1.54, 1.807) is 0 Å². The van der Waals surface area contributed by atoms with Crippen molar-refractivity contribution in [1.29, 1.82) is 0 Å². The van der Waals surface area contributed by atoms with E-state index >= 15 is 0 Å². The molecule has 0 aliphatic rings. The van der Waals surface area contributed by atoms with Crippen molar-refractivity contribution in [1.82, 2.24) is 0 Å². The molecule has 0 bridgehead atoms. The monoisotopic (exact) mass is 227 g/mol. The molecule has 0 atom stereocenters. The molecule has 0 aliphatic carbocycles. The van der Waals surface area contributed by atoms with Crippen LogP contribution in [0.25, 0.3) is 0 Å². The van der Waals surface area contributed by atoms with Gasteiger partial charge in [0.1, 0.15) is 0 Å². The first-order valence-corrected chi connectivity index (χ1v) is 8.36. The summed E-state index contributed by atoms with van der Waals surface area (Å²) in [4.78, 5) is 0. The minimum absolute atomic E-state index is 0. The molecule has 0 unspecified atom stereocenters. The van der Waals surface area contributed by atoms with E-state index in [4.69, 9.17) is 39.4 Å². The van der Waals surface area contributed by atoms with Crippen molar-refractivity contribution < 1.29 is 21.1 Å². The first-order valence-electron chi connectivity index (χ1n) is 0.676. The van der Waals surface area contributed by atoms with E-state index in [1.807, 2.05) is 0 Å². The third-order valence-corrected chi connectivity index (χ3v) is 0. The molecule has 7 heteroatoms. The van der Waals surface area contributed by atoms with E-state index < -0.39 is 10.2 Å². The molecule has 0 rings (SSSR count). The van der Waals surface area contributed by atoms with Crippen molar-refractivity contribution >= 4 is 39.4 Å². The summed E-state index contributed by atoms with van der Waals surface area (Å²) in [5.41, 5.74) is 0. The Labute approximate surface area is 60.3 Å². The zero-order valence-electron chi connectivity index (χ0n) is 2.96. The zero-order chi connectivity index (χ0) is 4.50. The molecule has 7 heavy (non-hydrogen) atoms. The van der Waals surface area contributed by atoms with E-state index in [9.17, 15) is 0 Å². The second-order valence-electron chi connectivity index (χ2n) is 0.383. The minimum atomic E-state index is -2.99. The molecule has 0 aromatic rings. The number of halogens is 4. The fraction of sp³-hybridized carbons (Fsp3) is 0. The van der Waals surface area contributed by atoms with Gasteiger partial charge in [0.25, 0.3) is 0 Å². The Balaban J connectivity index is -0.0000000800. The fourth-order valence-corrected chi connectivity index (χ4v) is 0. The predicted molar refractivity (Wildman–Crippen MR) is 30.6 cm³/mol. The van der Waals surface area contributed by atoms with Gasteiger partial charge in [0.05, 0.1) is 0 Å². The predicted octanol–water partition coefficient (Wildman–Crippen LogP) is 1.11. The van der Waals surface area contributed by atoms with Gasteiger partial charge in [-0.2, -0.15) is 0 Å². The molecule has 0 saturated heterocycles. The van der Waals surface area contributed by atoms with E-state index in [0.717, 1.165) is 0 Å². The molecular weight excluding hydrogens is 225 g/mol. The first-order chi connectivity index (χ1) is 2.00. The summed E-state index contributed by atoms with van der Waals surface area (Å²) in [7, 11) is 17.0. The van der Waals surface area contributed by atoms with Gasteiger partial charge in [-0.3, -0.25) is 0 Å². The third kappa shape index (κ3) is 88.8. The van der Waals surface area contributed by atoms with Crippen LogP contribution in [0.2, 0.25) is 0 Å². The van der Waals surface area contributed by atoms with Gasteiger partial charge in [-0.15, -0.1) is 0 Å². The normalized spacial score (nSPS) is 8.57. The van der Waals surface area contributed by atoms with Crippen LogP contribution in [0.5, 0.6) is 0 Å². The molecule has 0 aromatic heterocycles. The molecular formula is H4Cl4O2V. The maximum atomic E-state index is 5.00. The molecule has 2 nitrogen and oxygen atoms in total. The van der Waals surface area contributed by atoms with Crippen molar-refractivity contribution in [2.75, 3.05) is 0 Å². The summed E-state index contributed by atoms with van der Waals surface area (Å²) in [5.74, 6) is 0. The molecule has 0 fully saturated rings. The van der Waals surface area contributed by atoms with Gasteiger partial charge < -0.3 is 11.0 Å². The molecule has 0 aromatic carbocycles. The standard InChI is InChI=1S/4ClH.2H2O.V/h4*1H;2*1H2;/q;;;;;;+4/p-4. The Kier molecular flexibility index (Phi) is 13.1. The molecule has 0 spiro atoms. The average molecular weight is 229 g/mol. The molecule has 49 valence electrons. The number of hydrogen-bond acceptors (Lipinski definition) is 0. The summed E-state index contributed by atoms with van der Waals surface area (Å²) >= 11 is 0. The Bertz CT molecular complexity index is 25.2. The van der Waals surface area contributed by atoms with Crippen LogP contribution in [-0.4, -0.2) is 11.0 Å². The Morgan fingerprint density at radius 2 is 0.714 bits per heavy atom. The second kappa shape index (κ2) is 5.79. The van der Waals surface area contributed by atoms with Crippen molar-refractivity contribution in [2.24, 2.45) is 0 Å². The van der Waals surface area contributed by atoms with Crippen LogP contribution in [0.3, 0.4) is 0 Å². The van der Waals surface area contributed by atoms with Gasteiger partial charge in [-0.25, -0.2) is 0 Å². The molecule has 4 N–H and O–H groups in total. The topological polar surface area (TPSA) is 63.0 Å². The fourth-order valence-electron chi connectivity index (χ4n) is 0. The molecule has 0 aliphatic heterocycles. The Hall–Kier alpha value is 1.66. The summed E-state index contributed by atoms with van der Waals surface area (Å²) in [6.45, 7) is 0. The van der Waals surface area contributed by atoms with Gasteiger partial charge in [0.2, 0.25) is 0 Å². The molecule has 0 radical (unpaired) electrons. The van der Waals surface area contributed by atoms with E-state index in [2.05, 4.69) is 0 Å². The molecule has 0 saturated carbocycles. The molecule has 0 amide bonds. The van der Waals surface area contributed by atoms with Crippen molar-refractivity contribution in [2.45, 2.75) is 0 Å². The van der Waals surface area contributed by atoms with Gasteiger partial charge in [-0.1, -0.05) is 0 Å². The van der Waals surface area contributed by atoms with Crippen LogP contribution in [-0.2, 0) is 10.2 Å². The Morgan fingerprint density at radius 1 is 0.714 bits per heavy atom. The van der Waals surface area contributed by atoms with Crippen molar-refractivity contribution in [3.05, 3.63) is 0 Å². The number of rotatable bonds is 0. The van der Waals surface area contributed by atoms with Crippen LogP contribution in [0.1, 0.15) is 0 Å². The average Bonchev–Trinajstić information content (AvgIpc) is 0.722. The Morgan fingerprint density at radius 3 is 0.714 bits per heavy atom. The van der Waals surface area contributed by atoms with E-state index in [0.29, 0.717) is 0 Å². The van der Waals surface area contributed by atoms with Crippen LogP contribution >= 0.6 is 39.4 Å². The van der Waals surface area contributed by atoms with Crippen LogP contribution in [0, 0.1) is 0 Å². The van der Waals surface area contributed by atoms with E-state index in [1.165, 1.54) is 0 Å². The van der Waals surface area contributed by atoms with Gasteiger partial charge in [-0.05, 0) is 0 Å². The van der Waals surface area contributed by atoms with Crippen LogP contribution in [0.15, 0.2) is 0 Å². The second-order valence-corrected chi connectivity index (χ2v) is 14.2. The summed E-state index contributed by atoms with van der Waals surface area (Å²) in [6, 6.07) is 0. The van der Waals surface area contributed by atoms with Crippen molar-refractivity contribution in [3.8, 4) is 0 Å². The van der Waals surface area contributed by atoms with Crippen LogP contribution < -0.4 is 0 Å². The summed E-state index contributed by atoms with van der Waals surface area (Å²) in [6.07, 6.45) is 0. The van der Waals surface area contributed by atoms with Crippen LogP contribution in [0.4, 0.5) is 0 Å². The van der Waals surface area contributed by atoms with Gasteiger partial charge in [0.15, 0.2) is 0 Å². The molecule has 0 heterocycles. The van der Waals surface area contributed by atoms with Gasteiger partial charge >= 0.3 is 49.6 Å². The SMILES string of the molecule is O.O.[Cl][V]([Cl])([Cl])[Cl]. The maximum absolute atomic E-state index is 5.00. The summed E-state index contributed by atoms with van der Waals surface area (Å²) < 4.78 is 0. The summed E-state index contributed by atoms with van der Waals surface area (Å²) in [5, 5.41) is 0. The number of hydrogen-bond donors (Lipinski definition) is 0. The third-order valence-electron chi connectivity index (χ3n) is 0. The quantitative estimate of drug-likeness (QED) is 0.596. The first kappa shape index (κ1) is 15.9. The van der Waals surface area contributed by atoms with Gasteiger partial charge in [0, 0.05) is 0 Å². The van der Waals surface area contributed by atoms with E-state index in [-0.39, 0.29) is 11.0 Å².